The molecule has 0 unspecified atom stereocenters. The molecule has 0 aliphatic rings. The van der Waals surface area contributed by atoms with Crippen LogP contribution in [-0.2, 0) is 0 Å². The molecule has 14 heavy (non-hydrogen) atoms. The van der Waals surface area contributed by atoms with Crippen molar-refractivity contribution in [2.45, 2.75) is 0 Å². The largest absolute Gasteiger partial charge is 0.342 e. The minimum absolute atomic E-state index is 0.410. The van der Waals surface area contributed by atoms with E-state index in [2.05, 4.69) is 14.7 Å². The first-order chi connectivity index (χ1) is 6.81. The van der Waals surface area contributed by atoms with Crippen LogP contribution in [0.15, 0.2) is 29.1 Å². The highest BCUT2D eigenvalue weighted by Crippen LogP contribution is 2.25. The number of carbonyl (C=O) groups excluding carboxylic acids is 1. The van der Waals surface area contributed by atoms with E-state index in [1.54, 1.807) is 18.2 Å². The lowest BCUT2D eigenvalue weighted by Crippen LogP contribution is -1.85. The Morgan fingerprint density at radius 2 is 2.29 bits per heavy atom. The normalized spacial score (nSPS) is 10.1. The molecule has 0 spiro atoms. The number of hydrogen-bond acceptors (Lipinski definition) is 4. The van der Waals surface area contributed by atoms with Gasteiger partial charge in [0.25, 0.3) is 0 Å². The highest BCUT2D eigenvalue weighted by Gasteiger charge is 2.08. The Hall–Kier alpha value is -1.68. The van der Waals surface area contributed by atoms with Gasteiger partial charge in [0.15, 0.2) is 0 Å². The van der Waals surface area contributed by atoms with Gasteiger partial charge in [-0.3, -0.25) is 4.79 Å². The Balaban J connectivity index is 2.51. The van der Waals surface area contributed by atoms with Gasteiger partial charge in [-0.05, 0) is 12.1 Å². The van der Waals surface area contributed by atoms with Crippen molar-refractivity contribution < 1.29 is 9.32 Å². The quantitative estimate of drug-likeness (QED) is 0.710. The first-order valence-electron chi connectivity index (χ1n) is 3.83. The predicted molar refractivity (Wildman–Crippen MR) is 50.1 cm³/mol. The van der Waals surface area contributed by atoms with E-state index in [1.165, 1.54) is 6.39 Å². The van der Waals surface area contributed by atoms with E-state index in [0.717, 1.165) is 6.29 Å². The van der Waals surface area contributed by atoms with Crippen LogP contribution >= 0.6 is 11.6 Å². The second-order valence-electron chi connectivity index (χ2n) is 2.61. The fourth-order valence-electron chi connectivity index (χ4n) is 1.08. The van der Waals surface area contributed by atoms with Gasteiger partial charge in [-0.1, -0.05) is 22.8 Å². The minimum Gasteiger partial charge on any atom is -0.342 e. The number of carbonyl (C=O) groups is 1. The summed E-state index contributed by atoms with van der Waals surface area (Å²) in [6.07, 6.45) is 1.95. The Bertz CT molecular complexity index is 454. The van der Waals surface area contributed by atoms with Crippen LogP contribution in [0, 0.1) is 0 Å². The summed E-state index contributed by atoms with van der Waals surface area (Å²) in [5, 5.41) is 4.07. The topological polar surface area (TPSA) is 56.0 Å². The maximum Gasteiger partial charge on any atom is 0.214 e. The van der Waals surface area contributed by atoms with Gasteiger partial charge in [0, 0.05) is 11.1 Å². The molecule has 0 fully saturated rings. The highest BCUT2D eigenvalue weighted by molar-refractivity contribution is 6.33. The summed E-state index contributed by atoms with van der Waals surface area (Å²) in [5.41, 5.74) is 1.16. The molecular formula is C9H5ClN2O2. The molecule has 0 amide bonds. The highest BCUT2D eigenvalue weighted by atomic mass is 35.5. The fraction of sp³-hybridized carbons (Fsp3) is 0. The Labute approximate surface area is 84.5 Å². The summed E-state index contributed by atoms with van der Waals surface area (Å²) >= 11 is 5.92. The third kappa shape index (κ3) is 1.52. The van der Waals surface area contributed by atoms with Crippen molar-refractivity contribution in [2.24, 2.45) is 0 Å². The number of benzene rings is 1. The SMILES string of the molecule is O=Cc1ccc(-c2ncon2)c(Cl)c1. The molecular weight excluding hydrogens is 204 g/mol. The summed E-state index contributed by atoms with van der Waals surface area (Å²) in [5.74, 6) is 0.410. The molecule has 0 atom stereocenters. The van der Waals surface area contributed by atoms with Gasteiger partial charge in [0.1, 0.15) is 6.29 Å². The summed E-state index contributed by atoms with van der Waals surface area (Å²) < 4.78 is 4.59. The van der Waals surface area contributed by atoms with Gasteiger partial charge in [0.05, 0.1) is 5.02 Å². The molecule has 1 aromatic heterocycles. The van der Waals surface area contributed by atoms with Crippen LogP contribution in [-0.4, -0.2) is 16.4 Å². The van der Waals surface area contributed by atoms with Gasteiger partial charge >= 0.3 is 0 Å². The van der Waals surface area contributed by atoms with Crippen molar-refractivity contribution in [1.82, 2.24) is 10.1 Å². The van der Waals surface area contributed by atoms with Gasteiger partial charge < -0.3 is 4.52 Å². The molecule has 4 nitrogen and oxygen atoms in total. The predicted octanol–water partition coefficient (Wildman–Crippen LogP) is 2.20. The first-order valence-corrected chi connectivity index (χ1v) is 4.20. The van der Waals surface area contributed by atoms with Crippen LogP contribution in [0.1, 0.15) is 10.4 Å². The molecule has 5 heteroatoms. The summed E-state index contributed by atoms with van der Waals surface area (Å²) in [6, 6.07) is 4.88. The molecule has 0 aliphatic carbocycles. The number of aldehydes is 1. The lowest BCUT2D eigenvalue weighted by molar-refractivity contribution is 0.112. The third-order valence-corrected chi connectivity index (χ3v) is 2.04. The summed E-state index contributed by atoms with van der Waals surface area (Å²) in [7, 11) is 0. The number of hydrogen-bond donors (Lipinski definition) is 0. The fourth-order valence-corrected chi connectivity index (χ4v) is 1.35. The van der Waals surface area contributed by atoms with E-state index in [9.17, 15) is 4.79 Å². The van der Waals surface area contributed by atoms with E-state index in [-0.39, 0.29) is 0 Å². The van der Waals surface area contributed by atoms with Gasteiger partial charge in [-0.15, -0.1) is 0 Å². The van der Waals surface area contributed by atoms with Gasteiger partial charge in [-0.2, -0.15) is 4.98 Å². The van der Waals surface area contributed by atoms with Gasteiger partial charge in [-0.25, -0.2) is 0 Å². The molecule has 0 saturated carbocycles. The van der Waals surface area contributed by atoms with Crippen molar-refractivity contribution in [3.8, 4) is 11.4 Å². The second-order valence-corrected chi connectivity index (χ2v) is 3.02. The monoisotopic (exact) mass is 208 g/mol. The minimum atomic E-state index is 0.410. The number of halogens is 1. The molecule has 0 radical (unpaired) electrons. The van der Waals surface area contributed by atoms with E-state index in [4.69, 9.17) is 11.6 Å². The van der Waals surface area contributed by atoms with E-state index in [1.807, 2.05) is 0 Å². The molecule has 2 rings (SSSR count). The van der Waals surface area contributed by atoms with E-state index >= 15 is 0 Å². The number of aromatic nitrogens is 2. The molecule has 0 aliphatic heterocycles. The van der Waals surface area contributed by atoms with E-state index < -0.39 is 0 Å². The maximum atomic E-state index is 10.4. The van der Waals surface area contributed by atoms with Crippen LogP contribution in [0.5, 0.6) is 0 Å². The van der Waals surface area contributed by atoms with Crippen LogP contribution in [0.25, 0.3) is 11.4 Å². The number of nitrogens with zero attached hydrogens (tertiary/aromatic N) is 2. The molecule has 70 valence electrons. The van der Waals surface area contributed by atoms with E-state index in [0.29, 0.717) is 22.0 Å². The average molecular weight is 209 g/mol. The lowest BCUT2D eigenvalue weighted by atomic mass is 10.1. The zero-order chi connectivity index (χ0) is 9.97. The van der Waals surface area contributed by atoms with Crippen molar-refractivity contribution in [1.29, 1.82) is 0 Å². The van der Waals surface area contributed by atoms with Crippen molar-refractivity contribution >= 4 is 17.9 Å². The smallest absolute Gasteiger partial charge is 0.214 e. The standard InChI is InChI=1S/C9H5ClN2O2/c10-8-3-6(4-13)1-2-7(8)9-11-5-14-12-9/h1-5H. The average Bonchev–Trinajstić information content (AvgIpc) is 2.70. The van der Waals surface area contributed by atoms with Crippen molar-refractivity contribution in [3.63, 3.8) is 0 Å². The third-order valence-electron chi connectivity index (χ3n) is 1.73. The lowest BCUT2D eigenvalue weighted by Gasteiger charge is -1.98. The zero-order valence-electron chi connectivity index (χ0n) is 6.98. The van der Waals surface area contributed by atoms with Crippen LogP contribution in [0.4, 0.5) is 0 Å². The zero-order valence-corrected chi connectivity index (χ0v) is 7.73. The molecule has 1 heterocycles. The Morgan fingerprint density at radius 1 is 1.43 bits per heavy atom. The second kappa shape index (κ2) is 3.59. The number of rotatable bonds is 2. The van der Waals surface area contributed by atoms with Crippen molar-refractivity contribution in [3.05, 3.63) is 35.2 Å². The maximum absolute atomic E-state index is 10.4. The Morgan fingerprint density at radius 3 is 2.86 bits per heavy atom. The molecule has 0 bridgehead atoms. The Kier molecular flexibility index (Phi) is 2.28. The van der Waals surface area contributed by atoms with Crippen LogP contribution in [0.2, 0.25) is 5.02 Å². The van der Waals surface area contributed by atoms with Crippen LogP contribution < -0.4 is 0 Å². The molecule has 0 N–H and O–H groups in total. The summed E-state index contributed by atoms with van der Waals surface area (Å²) in [6.45, 7) is 0. The van der Waals surface area contributed by atoms with Crippen molar-refractivity contribution in [2.75, 3.05) is 0 Å². The summed E-state index contributed by atoms with van der Waals surface area (Å²) in [4.78, 5) is 14.3. The molecule has 2 aromatic rings. The molecule has 0 saturated heterocycles. The van der Waals surface area contributed by atoms with Gasteiger partial charge in [0.2, 0.25) is 12.2 Å². The first kappa shape index (κ1) is 8.90. The molecule has 1 aromatic carbocycles. The van der Waals surface area contributed by atoms with Crippen LogP contribution in [0.3, 0.4) is 0 Å².